The van der Waals surface area contributed by atoms with Crippen molar-refractivity contribution in [3.8, 4) is 0 Å². The van der Waals surface area contributed by atoms with Gasteiger partial charge in [0.25, 0.3) is 5.91 Å². The molecule has 4 amide bonds. The van der Waals surface area contributed by atoms with Gasteiger partial charge in [-0.05, 0) is 43.2 Å². The van der Waals surface area contributed by atoms with Crippen LogP contribution in [0.1, 0.15) is 18.4 Å². The predicted molar refractivity (Wildman–Crippen MR) is 128 cm³/mol. The number of nitrogens with two attached hydrogens (primary N) is 1. The number of carbonyl (C=O) groups excluding carboxylic acids is 3. The molecule has 2 fully saturated rings. The highest BCUT2D eigenvalue weighted by Gasteiger charge is 2.49. The van der Waals surface area contributed by atoms with Gasteiger partial charge in [0.05, 0.1) is 6.61 Å². The van der Waals surface area contributed by atoms with E-state index in [0.717, 1.165) is 0 Å². The Morgan fingerprint density at radius 2 is 1.77 bits per heavy atom. The zero-order chi connectivity index (χ0) is 25.0. The second-order valence-electron chi connectivity index (χ2n) is 8.50. The molecule has 0 aliphatic carbocycles. The highest BCUT2D eigenvalue weighted by atomic mass is 35.5. The summed E-state index contributed by atoms with van der Waals surface area (Å²) in [6.07, 6.45) is 1.05. The normalized spacial score (nSPS) is 19.1. The van der Waals surface area contributed by atoms with Crippen molar-refractivity contribution in [2.75, 3.05) is 38.2 Å². The van der Waals surface area contributed by atoms with E-state index in [1.807, 2.05) is 0 Å². The number of ether oxygens (including phenoxy) is 1. The lowest BCUT2D eigenvalue weighted by molar-refractivity contribution is -0.148. The quantitative estimate of drug-likeness (QED) is 0.559. The summed E-state index contributed by atoms with van der Waals surface area (Å²) in [5, 5.41) is 5.79. The molecule has 0 bridgehead atoms. The topological polar surface area (TPSA) is 117 Å². The van der Waals surface area contributed by atoms with Gasteiger partial charge in [0.15, 0.2) is 0 Å². The third-order valence-corrected chi connectivity index (χ3v) is 6.67. The Labute approximate surface area is 207 Å². The number of hydrogen-bond donors (Lipinski definition) is 3. The number of primary amides is 1. The van der Waals surface area contributed by atoms with E-state index in [9.17, 15) is 14.4 Å². The number of hydrogen-bond acceptors (Lipinski definition) is 5. The van der Waals surface area contributed by atoms with Gasteiger partial charge in [-0.15, -0.1) is 0 Å². The van der Waals surface area contributed by atoms with E-state index in [0.29, 0.717) is 49.8 Å². The Balaban J connectivity index is 1.61. The van der Waals surface area contributed by atoms with E-state index >= 15 is 4.39 Å². The third kappa shape index (κ3) is 5.24. The molecule has 1 atom stereocenters. The van der Waals surface area contributed by atoms with E-state index < -0.39 is 23.4 Å². The number of urea groups is 1. The maximum absolute atomic E-state index is 15.1. The largest absolute Gasteiger partial charge is 0.370 e. The molecule has 9 nitrogen and oxygen atoms in total. The van der Waals surface area contributed by atoms with Crippen molar-refractivity contribution in [3.63, 3.8) is 0 Å². The lowest BCUT2D eigenvalue weighted by atomic mass is 9.91. The standard InChI is InChI=1S/C24H27ClFN5O4/c25-16-5-7-17(8-6-16)28-23(34)29-24(22(27)33,19-3-1-2-4-20(19)26)30-11-9-18(10-12-30)31-13-14-35-15-21(31)32/h1-8,18H,9-15H2,(H2,27,33)(H2,28,29,34). The summed E-state index contributed by atoms with van der Waals surface area (Å²) in [5.41, 5.74) is 4.31. The Morgan fingerprint density at radius 3 is 2.40 bits per heavy atom. The third-order valence-electron chi connectivity index (χ3n) is 6.42. The van der Waals surface area contributed by atoms with Crippen molar-refractivity contribution in [1.29, 1.82) is 0 Å². The Hall–Kier alpha value is -3.21. The average molecular weight is 504 g/mol. The van der Waals surface area contributed by atoms with Crippen LogP contribution in [0.3, 0.4) is 0 Å². The molecule has 0 spiro atoms. The minimum Gasteiger partial charge on any atom is -0.370 e. The van der Waals surface area contributed by atoms with Crippen LogP contribution in [0.4, 0.5) is 14.9 Å². The number of piperidine rings is 1. The first-order chi connectivity index (χ1) is 16.8. The Kier molecular flexibility index (Phi) is 7.54. The van der Waals surface area contributed by atoms with Crippen LogP contribution in [-0.4, -0.2) is 66.5 Å². The number of amides is 4. The minimum absolute atomic E-state index is 0.0447. The van der Waals surface area contributed by atoms with Crippen molar-refractivity contribution in [2.45, 2.75) is 24.5 Å². The monoisotopic (exact) mass is 503 g/mol. The van der Waals surface area contributed by atoms with Crippen LogP contribution >= 0.6 is 11.6 Å². The highest BCUT2D eigenvalue weighted by Crippen LogP contribution is 2.32. The van der Waals surface area contributed by atoms with Gasteiger partial charge < -0.3 is 26.0 Å². The predicted octanol–water partition coefficient (Wildman–Crippen LogP) is 2.26. The van der Waals surface area contributed by atoms with Crippen molar-refractivity contribution in [1.82, 2.24) is 15.1 Å². The maximum Gasteiger partial charge on any atom is 0.321 e. The van der Waals surface area contributed by atoms with Crippen molar-refractivity contribution in [3.05, 3.63) is 64.9 Å². The first-order valence-electron chi connectivity index (χ1n) is 11.3. The summed E-state index contributed by atoms with van der Waals surface area (Å²) in [5.74, 6) is -1.68. The van der Waals surface area contributed by atoms with Crippen LogP contribution < -0.4 is 16.4 Å². The number of carbonyl (C=O) groups is 3. The fraction of sp³-hybridized carbons (Fsp3) is 0.375. The van der Waals surface area contributed by atoms with Crippen molar-refractivity contribution in [2.24, 2.45) is 5.73 Å². The SMILES string of the molecule is NC(=O)C(NC(=O)Nc1ccc(Cl)cc1)(c1ccccc1F)N1CCC(N2CCOCC2=O)CC1. The van der Waals surface area contributed by atoms with Crippen LogP contribution in [-0.2, 0) is 20.0 Å². The summed E-state index contributed by atoms with van der Waals surface area (Å²) in [6, 6.07) is 11.3. The summed E-state index contributed by atoms with van der Waals surface area (Å²) in [6.45, 7) is 1.62. The molecule has 2 aromatic carbocycles. The molecule has 2 saturated heterocycles. The van der Waals surface area contributed by atoms with Gasteiger partial charge in [-0.2, -0.15) is 0 Å². The van der Waals surface area contributed by atoms with Crippen LogP contribution in [0.15, 0.2) is 48.5 Å². The number of rotatable bonds is 6. The maximum atomic E-state index is 15.1. The van der Waals surface area contributed by atoms with Gasteiger partial charge >= 0.3 is 6.03 Å². The van der Waals surface area contributed by atoms with E-state index in [4.69, 9.17) is 22.1 Å². The number of benzene rings is 2. The fourth-order valence-corrected chi connectivity index (χ4v) is 4.84. The number of likely N-dealkylation sites (tertiary alicyclic amines) is 1. The summed E-state index contributed by atoms with van der Waals surface area (Å²) < 4.78 is 20.3. The van der Waals surface area contributed by atoms with E-state index in [1.165, 1.54) is 18.2 Å². The second kappa shape index (κ2) is 10.6. The Morgan fingerprint density at radius 1 is 1.09 bits per heavy atom. The molecule has 4 rings (SSSR count). The molecule has 2 heterocycles. The molecule has 35 heavy (non-hydrogen) atoms. The summed E-state index contributed by atoms with van der Waals surface area (Å²) in [7, 11) is 0. The lowest BCUT2D eigenvalue weighted by Gasteiger charge is -2.47. The average Bonchev–Trinajstić information content (AvgIpc) is 2.85. The number of halogens is 2. The molecule has 186 valence electrons. The molecule has 2 aliphatic rings. The van der Waals surface area contributed by atoms with Crippen LogP contribution in [0.2, 0.25) is 5.02 Å². The van der Waals surface area contributed by atoms with Gasteiger partial charge in [0, 0.05) is 41.9 Å². The molecule has 2 aromatic rings. The van der Waals surface area contributed by atoms with Gasteiger partial charge in [-0.25, -0.2) is 9.18 Å². The van der Waals surface area contributed by atoms with E-state index in [2.05, 4.69) is 10.6 Å². The van der Waals surface area contributed by atoms with Gasteiger partial charge in [-0.1, -0.05) is 29.8 Å². The highest BCUT2D eigenvalue weighted by molar-refractivity contribution is 6.30. The zero-order valence-corrected chi connectivity index (χ0v) is 19.8. The molecule has 0 aromatic heterocycles. The zero-order valence-electron chi connectivity index (χ0n) is 19.0. The fourth-order valence-electron chi connectivity index (χ4n) is 4.71. The summed E-state index contributed by atoms with van der Waals surface area (Å²) in [4.78, 5) is 41.8. The van der Waals surface area contributed by atoms with Crippen LogP contribution in [0.5, 0.6) is 0 Å². The first kappa shape index (κ1) is 24.9. The molecule has 0 radical (unpaired) electrons. The second-order valence-corrected chi connectivity index (χ2v) is 8.93. The Bertz CT molecular complexity index is 1090. The van der Waals surface area contributed by atoms with E-state index in [1.54, 1.807) is 40.1 Å². The number of nitrogens with zero attached hydrogens (tertiary/aromatic N) is 2. The van der Waals surface area contributed by atoms with Crippen molar-refractivity contribution >= 4 is 35.1 Å². The van der Waals surface area contributed by atoms with Crippen LogP contribution in [0.25, 0.3) is 0 Å². The molecule has 11 heteroatoms. The summed E-state index contributed by atoms with van der Waals surface area (Å²) >= 11 is 5.90. The number of nitrogens with one attached hydrogen (secondary N) is 2. The smallest absolute Gasteiger partial charge is 0.321 e. The van der Waals surface area contributed by atoms with Gasteiger partial charge in [0.2, 0.25) is 11.6 Å². The van der Waals surface area contributed by atoms with Gasteiger partial charge in [0.1, 0.15) is 12.4 Å². The van der Waals surface area contributed by atoms with Gasteiger partial charge in [-0.3, -0.25) is 14.5 Å². The molecule has 0 saturated carbocycles. The molecular weight excluding hydrogens is 477 g/mol. The lowest BCUT2D eigenvalue weighted by Crippen LogP contribution is -2.68. The number of morpholine rings is 1. The van der Waals surface area contributed by atoms with E-state index in [-0.39, 0.29) is 24.1 Å². The minimum atomic E-state index is -1.94. The van der Waals surface area contributed by atoms with Crippen LogP contribution in [0, 0.1) is 5.82 Å². The number of anilines is 1. The van der Waals surface area contributed by atoms with Crippen molar-refractivity contribution < 1.29 is 23.5 Å². The molecule has 4 N–H and O–H groups in total. The molecular formula is C24H27ClFN5O4. The molecule has 2 aliphatic heterocycles. The molecule has 1 unspecified atom stereocenters. The first-order valence-corrected chi connectivity index (χ1v) is 11.7.